The van der Waals surface area contributed by atoms with E-state index in [-0.39, 0.29) is 5.97 Å². The second-order valence-corrected chi connectivity index (χ2v) is 2.37. The molecule has 62 valence electrons. The molecule has 0 atom stereocenters. The molecule has 0 aliphatic heterocycles. The van der Waals surface area contributed by atoms with Crippen molar-refractivity contribution in [1.29, 1.82) is 0 Å². The highest BCUT2D eigenvalue weighted by molar-refractivity contribution is 5.99. The first kappa shape index (κ1) is 8.53. The molecule has 0 aromatic heterocycles. The molecule has 0 aliphatic carbocycles. The van der Waals surface area contributed by atoms with E-state index in [4.69, 9.17) is 0 Å². The quantitative estimate of drug-likeness (QED) is 0.545. The van der Waals surface area contributed by atoms with Crippen LogP contribution < -0.4 is 10.4 Å². The Labute approximate surface area is 70.8 Å². The van der Waals surface area contributed by atoms with E-state index in [2.05, 4.69) is 11.3 Å². The Balaban J connectivity index is 3.19. The maximum Gasteiger partial charge on any atom is 0.331 e. The van der Waals surface area contributed by atoms with Crippen molar-refractivity contribution in [3.05, 3.63) is 34.7 Å². The second-order valence-electron chi connectivity index (χ2n) is 2.37. The van der Waals surface area contributed by atoms with Gasteiger partial charge in [-0.15, -0.1) is 0 Å². The lowest BCUT2D eigenvalue weighted by molar-refractivity contribution is -0.133. The molecule has 0 unspecified atom stereocenters. The van der Waals surface area contributed by atoms with Crippen LogP contribution in [0.4, 0.5) is 0 Å². The number of methoxy groups -OCH3 is 1. The number of ether oxygens (including phenoxy) is 1. The van der Waals surface area contributed by atoms with Crippen LogP contribution in [0.3, 0.4) is 0 Å². The summed E-state index contributed by atoms with van der Waals surface area (Å²) >= 11 is 0. The fourth-order valence-electron chi connectivity index (χ4n) is 0.861. The van der Waals surface area contributed by atoms with Gasteiger partial charge in [-0.05, 0) is 10.4 Å². The highest BCUT2D eigenvalue weighted by Gasteiger charge is 1.90. The molecule has 1 aromatic carbocycles. The van der Waals surface area contributed by atoms with Crippen LogP contribution in [0.2, 0.25) is 0 Å². The molecule has 0 N–H and O–H groups in total. The molecule has 0 aliphatic rings. The van der Waals surface area contributed by atoms with E-state index in [1.807, 2.05) is 24.3 Å². The van der Waals surface area contributed by atoms with Gasteiger partial charge in [-0.25, -0.2) is 4.79 Å². The van der Waals surface area contributed by atoms with E-state index in [1.54, 1.807) is 0 Å². The minimum atomic E-state index is -0.355. The molecule has 0 radical (unpaired) electrons. The third-order valence-electron chi connectivity index (χ3n) is 1.53. The summed E-state index contributed by atoms with van der Waals surface area (Å²) in [7, 11) is 1.35. The zero-order valence-corrected chi connectivity index (χ0v) is 6.91. The van der Waals surface area contributed by atoms with E-state index in [0.29, 0.717) is 0 Å². The molecule has 0 fully saturated rings. The van der Waals surface area contributed by atoms with Gasteiger partial charge in [0.1, 0.15) is 0 Å². The topological polar surface area (TPSA) is 26.3 Å². The standard InChI is InChI=1S/C10H10O2/c1-8-5-3-4-6-9(8)7-10(11)12-2/h3-7H,1H2,2H3. The zero-order chi connectivity index (χ0) is 8.97. The van der Waals surface area contributed by atoms with Crippen molar-refractivity contribution in [2.45, 2.75) is 0 Å². The number of benzene rings is 1. The summed E-state index contributed by atoms with van der Waals surface area (Å²) in [6.45, 7) is 3.77. The zero-order valence-electron chi connectivity index (χ0n) is 6.91. The Morgan fingerprint density at radius 3 is 2.75 bits per heavy atom. The number of carbonyl (C=O) groups excluding carboxylic acids is 1. The van der Waals surface area contributed by atoms with Crippen molar-refractivity contribution in [3.63, 3.8) is 0 Å². The van der Waals surface area contributed by atoms with Crippen molar-refractivity contribution < 1.29 is 9.53 Å². The van der Waals surface area contributed by atoms with E-state index >= 15 is 0 Å². The summed E-state index contributed by atoms with van der Waals surface area (Å²) < 4.78 is 4.49. The molecule has 0 saturated carbocycles. The van der Waals surface area contributed by atoms with E-state index in [1.165, 1.54) is 13.2 Å². The fraction of sp³-hybridized carbons (Fsp3) is 0.100. The first-order chi connectivity index (χ1) is 5.74. The van der Waals surface area contributed by atoms with Gasteiger partial charge < -0.3 is 4.74 Å². The van der Waals surface area contributed by atoms with Gasteiger partial charge >= 0.3 is 5.97 Å². The molecule has 1 aromatic rings. The maximum absolute atomic E-state index is 10.8. The van der Waals surface area contributed by atoms with Crippen molar-refractivity contribution in [3.8, 4) is 0 Å². The Morgan fingerprint density at radius 2 is 2.17 bits per heavy atom. The van der Waals surface area contributed by atoms with Gasteiger partial charge in [-0.2, -0.15) is 0 Å². The SMILES string of the molecule is C=c1ccccc1=CC(=O)OC. The second kappa shape index (κ2) is 3.72. The summed E-state index contributed by atoms with van der Waals surface area (Å²) in [5, 5.41) is 1.62. The summed E-state index contributed by atoms with van der Waals surface area (Å²) in [5.74, 6) is -0.355. The number of rotatable bonds is 1. The van der Waals surface area contributed by atoms with Gasteiger partial charge in [0.05, 0.1) is 7.11 Å². The van der Waals surface area contributed by atoms with Crippen LogP contribution in [-0.2, 0) is 9.53 Å². The minimum absolute atomic E-state index is 0.355. The molecule has 12 heavy (non-hydrogen) atoms. The molecule has 0 heterocycles. The van der Waals surface area contributed by atoms with Crippen LogP contribution in [0.1, 0.15) is 0 Å². The van der Waals surface area contributed by atoms with Crippen molar-refractivity contribution >= 4 is 18.6 Å². The first-order valence-corrected chi connectivity index (χ1v) is 3.57. The van der Waals surface area contributed by atoms with Crippen LogP contribution in [0.25, 0.3) is 12.7 Å². The largest absolute Gasteiger partial charge is 0.466 e. The molecule has 0 spiro atoms. The van der Waals surface area contributed by atoms with Gasteiger partial charge in [0.15, 0.2) is 0 Å². The average Bonchev–Trinajstić information content (AvgIpc) is 2.09. The van der Waals surface area contributed by atoms with Gasteiger partial charge in [-0.1, -0.05) is 30.8 Å². The van der Waals surface area contributed by atoms with Crippen LogP contribution >= 0.6 is 0 Å². The molecule has 1 rings (SSSR count). The first-order valence-electron chi connectivity index (χ1n) is 3.57. The van der Waals surface area contributed by atoms with Crippen molar-refractivity contribution in [2.75, 3.05) is 7.11 Å². The monoisotopic (exact) mass is 162 g/mol. The van der Waals surface area contributed by atoms with E-state index in [0.717, 1.165) is 10.4 Å². The summed E-state index contributed by atoms with van der Waals surface area (Å²) in [6, 6.07) is 7.38. The number of carbonyl (C=O) groups is 1. The van der Waals surface area contributed by atoms with E-state index < -0.39 is 0 Å². The molecule has 2 nitrogen and oxygen atoms in total. The predicted octanol–water partition coefficient (Wildman–Crippen LogP) is 0.0504. The molecule has 0 bridgehead atoms. The average molecular weight is 162 g/mol. The van der Waals surface area contributed by atoms with Crippen LogP contribution in [0.15, 0.2) is 24.3 Å². The summed E-state index contributed by atoms with van der Waals surface area (Å²) in [4.78, 5) is 10.8. The van der Waals surface area contributed by atoms with Gasteiger partial charge in [0.2, 0.25) is 0 Å². The highest BCUT2D eigenvalue weighted by atomic mass is 16.5. The summed E-state index contributed by atoms with van der Waals surface area (Å²) in [5.41, 5.74) is 0. The number of hydrogen-bond acceptors (Lipinski definition) is 2. The maximum atomic E-state index is 10.8. The third-order valence-corrected chi connectivity index (χ3v) is 1.53. The predicted molar refractivity (Wildman–Crippen MR) is 47.7 cm³/mol. The normalized spacial score (nSPS) is 11.2. The Bertz CT molecular complexity index is 379. The fourth-order valence-corrected chi connectivity index (χ4v) is 0.861. The number of hydrogen-bond donors (Lipinski definition) is 0. The minimum Gasteiger partial charge on any atom is -0.466 e. The molecular weight excluding hydrogens is 152 g/mol. The Morgan fingerprint density at radius 1 is 1.50 bits per heavy atom. The molecule has 0 amide bonds. The Hall–Kier alpha value is -1.57. The molecule has 2 heteroatoms. The highest BCUT2D eigenvalue weighted by Crippen LogP contribution is 1.75. The van der Waals surface area contributed by atoms with Gasteiger partial charge in [0.25, 0.3) is 0 Å². The van der Waals surface area contributed by atoms with Crippen LogP contribution in [-0.4, -0.2) is 13.1 Å². The van der Waals surface area contributed by atoms with Crippen molar-refractivity contribution in [1.82, 2.24) is 0 Å². The number of esters is 1. The molecule has 0 saturated heterocycles. The lowest BCUT2D eigenvalue weighted by Crippen LogP contribution is -2.23. The Kier molecular flexibility index (Phi) is 2.64. The third kappa shape index (κ3) is 1.95. The van der Waals surface area contributed by atoms with E-state index in [9.17, 15) is 4.79 Å². The van der Waals surface area contributed by atoms with Crippen LogP contribution in [0.5, 0.6) is 0 Å². The van der Waals surface area contributed by atoms with Crippen LogP contribution in [0, 0.1) is 0 Å². The lowest BCUT2D eigenvalue weighted by Gasteiger charge is -1.89. The van der Waals surface area contributed by atoms with Gasteiger partial charge in [0, 0.05) is 6.08 Å². The summed E-state index contributed by atoms with van der Waals surface area (Å²) in [6.07, 6.45) is 1.42. The lowest BCUT2D eigenvalue weighted by atomic mass is 10.2. The smallest absolute Gasteiger partial charge is 0.331 e. The molecular formula is C10H10O2. The van der Waals surface area contributed by atoms with Crippen molar-refractivity contribution in [2.24, 2.45) is 0 Å². The van der Waals surface area contributed by atoms with Gasteiger partial charge in [-0.3, -0.25) is 0 Å².